The summed E-state index contributed by atoms with van der Waals surface area (Å²) < 4.78 is 0. The zero-order chi connectivity index (χ0) is 11.8. The molecular weight excluding hydrogens is 212 g/mol. The van der Waals surface area contributed by atoms with Crippen LogP contribution in [0, 0.1) is 13.8 Å². The highest BCUT2D eigenvalue weighted by molar-refractivity contribution is 5.43. The van der Waals surface area contributed by atoms with Gasteiger partial charge in [-0.2, -0.15) is 0 Å². The van der Waals surface area contributed by atoms with Crippen molar-refractivity contribution in [3.8, 4) is 0 Å². The number of nitrogens with zero attached hydrogens (tertiary/aromatic N) is 4. The van der Waals surface area contributed by atoms with Crippen LogP contribution in [0.2, 0.25) is 0 Å². The minimum atomic E-state index is 0.891. The van der Waals surface area contributed by atoms with E-state index in [0.29, 0.717) is 0 Å². The van der Waals surface area contributed by atoms with Crippen molar-refractivity contribution in [2.75, 3.05) is 31.1 Å². The number of hydrogen-bond donors (Lipinski definition) is 0. The lowest BCUT2D eigenvalue weighted by Crippen LogP contribution is -2.47. The van der Waals surface area contributed by atoms with Gasteiger partial charge in [-0.25, -0.2) is 4.98 Å². The Bertz CT molecular complexity index is 406. The van der Waals surface area contributed by atoms with Crippen molar-refractivity contribution < 1.29 is 0 Å². The predicted molar refractivity (Wildman–Crippen MR) is 68.3 cm³/mol. The molecule has 1 saturated carbocycles. The maximum absolute atomic E-state index is 4.63. The van der Waals surface area contributed by atoms with Gasteiger partial charge in [0.25, 0.3) is 0 Å². The third kappa shape index (κ3) is 2.27. The van der Waals surface area contributed by atoms with Crippen LogP contribution in [0.15, 0.2) is 6.20 Å². The lowest BCUT2D eigenvalue weighted by Gasteiger charge is -2.35. The number of hydrogen-bond acceptors (Lipinski definition) is 4. The number of anilines is 1. The van der Waals surface area contributed by atoms with Crippen LogP contribution in [0.1, 0.15) is 24.2 Å². The van der Waals surface area contributed by atoms with E-state index in [1.54, 1.807) is 0 Å². The molecule has 2 heterocycles. The van der Waals surface area contributed by atoms with Gasteiger partial charge in [0.2, 0.25) is 0 Å². The second kappa shape index (κ2) is 4.26. The monoisotopic (exact) mass is 232 g/mol. The summed E-state index contributed by atoms with van der Waals surface area (Å²) in [5.74, 6) is 1.08. The van der Waals surface area contributed by atoms with Gasteiger partial charge in [0.05, 0.1) is 11.4 Å². The molecule has 1 aliphatic heterocycles. The van der Waals surface area contributed by atoms with Crippen LogP contribution in [0.25, 0.3) is 0 Å². The van der Waals surface area contributed by atoms with E-state index >= 15 is 0 Å². The second-order valence-corrected chi connectivity index (χ2v) is 5.17. The molecule has 0 bridgehead atoms. The molecular formula is C13H20N4. The molecule has 0 radical (unpaired) electrons. The Morgan fingerprint density at radius 2 is 1.82 bits per heavy atom. The van der Waals surface area contributed by atoms with E-state index in [2.05, 4.69) is 26.7 Å². The Morgan fingerprint density at radius 3 is 2.47 bits per heavy atom. The smallest absolute Gasteiger partial charge is 0.150 e. The molecule has 0 atom stereocenters. The Hall–Kier alpha value is -1.16. The van der Waals surface area contributed by atoms with Crippen LogP contribution in [0.4, 0.5) is 5.82 Å². The van der Waals surface area contributed by atoms with E-state index in [4.69, 9.17) is 0 Å². The molecule has 2 aliphatic rings. The molecule has 0 amide bonds. The van der Waals surface area contributed by atoms with Gasteiger partial charge < -0.3 is 4.90 Å². The fourth-order valence-electron chi connectivity index (χ4n) is 2.56. The molecule has 17 heavy (non-hydrogen) atoms. The van der Waals surface area contributed by atoms with Crippen molar-refractivity contribution in [1.82, 2.24) is 14.9 Å². The Kier molecular flexibility index (Phi) is 2.74. The molecule has 1 aromatic rings. The lowest BCUT2D eigenvalue weighted by molar-refractivity contribution is 0.247. The van der Waals surface area contributed by atoms with Crippen LogP contribution in [0.3, 0.4) is 0 Å². The summed E-state index contributed by atoms with van der Waals surface area (Å²) in [5.41, 5.74) is 2.06. The van der Waals surface area contributed by atoms with Gasteiger partial charge in [0.1, 0.15) is 5.82 Å². The van der Waals surface area contributed by atoms with Gasteiger partial charge in [-0.05, 0) is 26.7 Å². The maximum Gasteiger partial charge on any atom is 0.150 e. The average molecular weight is 232 g/mol. The SMILES string of the molecule is Cc1cnc(C)c(N2CCN(C3CC3)CC2)n1. The maximum atomic E-state index is 4.63. The highest BCUT2D eigenvalue weighted by Gasteiger charge is 2.31. The third-order valence-corrected chi connectivity index (χ3v) is 3.73. The van der Waals surface area contributed by atoms with E-state index in [1.807, 2.05) is 13.1 Å². The fourth-order valence-corrected chi connectivity index (χ4v) is 2.56. The van der Waals surface area contributed by atoms with E-state index < -0.39 is 0 Å². The van der Waals surface area contributed by atoms with E-state index in [-0.39, 0.29) is 0 Å². The molecule has 4 heteroatoms. The molecule has 0 spiro atoms. The normalized spacial score (nSPS) is 21.9. The van der Waals surface area contributed by atoms with Crippen LogP contribution in [-0.2, 0) is 0 Å². The third-order valence-electron chi connectivity index (χ3n) is 3.73. The van der Waals surface area contributed by atoms with Crippen LogP contribution in [0.5, 0.6) is 0 Å². The topological polar surface area (TPSA) is 32.3 Å². The number of aromatic nitrogens is 2. The first kappa shape index (κ1) is 11.0. The highest BCUT2D eigenvalue weighted by atomic mass is 15.3. The van der Waals surface area contributed by atoms with Crippen LogP contribution < -0.4 is 4.90 Å². The summed E-state index contributed by atoms with van der Waals surface area (Å²) in [6.45, 7) is 8.61. The number of piperazine rings is 1. The number of aryl methyl sites for hydroxylation is 2. The minimum absolute atomic E-state index is 0.891. The molecule has 1 saturated heterocycles. The minimum Gasteiger partial charge on any atom is -0.353 e. The van der Waals surface area contributed by atoms with E-state index in [9.17, 15) is 0 Å². The van der Waals surface area contributed by atoms with Gasteiger partial charge in [-0.1, -0.05) is 0 Å². The summed E-state index contributed by atoms with van der Waals surface area (Å²) in [7, 11) is 0. The molecule has 2 fully saturated rings. The van der Waals surface area contributed by atoms with Crippen molar-refractivity contribution in [1.29, 1.82) is 0 Å². The van der Waals surface area contributed by atoms with E-state index in [1.165, 1.54) is 25.9 Å². The van der Waals surface area contributed by atoms with E-state index in [0.717, 1.165) is 36.3 Å². The van der Waals surface area contributed by atoms with Crippen molar-refractivity contribution in [2.24, 2.45) is 0 Å². The van der Waals surface area contributed by atoms with Crippen molar-refractivity contribution in [2.45, 2.75) is 32.7 Å². The number of rotatable bonds is 2. The lowest BCUT2D eigenvalue weighted by atomic mass is 10.3. The molecule has 4 nitrogen and oxygen atoms in total. The fraction of sp³-hybridized carbons (Fsp3) is 0.692. The van der Waals surface area contributed by atoms with Gasteiger partial charge in [0.15, 0.2) is 0 Å². The highest BCUT2D eigenvalue weighted by Crippen LogP contribution is 2.28. The molecule has 1 aromatic heterocycles. The Morgan fingerprint density at radius 1 is 1.12 bits per heavy atom. The predicted octanol–water partition coefficient (Wildman–Crippen LogP) is 1.38. The molecule has 0 N–H and O–H groups in total. The molecule has 0 aromatic carbocycles. The van der Waals surface area contributed by atoms with Gasteiger partial charge in [-0.3, -0.25) is 9.88 Å². The van der Waals surface area contributed by atoms with Gasteiger partial charge in [-0.15, -0.1) is 0 Å². The summed E-state index contributed by atoms with van der Waals surface area (Å²) in [4.78, 5) is 14.0. The quantitative estimate of drug-likeness (QED) is 0.771. The van der Waals surface area contributed by atoms with Crippen molar-refractivity contribution in [3.63, 3.8) is 0 Å². The summed E-state index contributed by atoms with van der Waals surface area (Å²) in [6, 6.07) is 0.891. The van der Waals surface area contributed by atoms with Gasteiger partial charge >= 0.3 is 0 Å². The summed E-state index contributed by atoms with van der Waals surface area (Å²) in [6.07, 6.45) is 4.66. The Balaban J connectivity index is 1.70. The zero-order valence-corrected chi connectivity index (χ0v) is 10.7. The Labute approximate surface area is 103 Å². The van der Waals surface area contributed by atoms with Crippen molar-refractivity contribution >= 4 is 5.82 Å². The average Bonchev–Trinajstić information content (AvgIpc) is 3.17. The second-order valence-electron chi connectivity index (χ2n) is 5.17. The van der Waals surface area contributed by atoms with Crippen molar-refractivity contribution in [3.05, 3.63) is 17.6 Å². The van der Waals surface area contributed by atoms with Crippen LogP contribution >= 0.6 is 0 Å². The standard InChI is InChI=1S/C13H20N4/c1-10-9-14-11(2)13(15-10)17-7-5-16(6-8-17)12-3-4-12/h9,12H,3-8H2,1-2H3. The molecule has 0 unspecified atom stereocenters. The first-order valence-electron chi connectivity index (χ1n) is 6.53. The first-order valence-corrected chi connectivity index (χ1v) is 6.53. The summed E-state index contributed by atoms with van der Waals surface area (Å²) >= 11 is 0. The molecule has 92 valence electrons. The molecule has 3 rings (SSSR count). The first-order chi connectivity index (χ1) is 8.24. The zero-order valence-electron chi connectivity index (χ0n) is 10.7. The summed E-state index contributed by atoms with van der Waals surface area (Å²) in [5, 5.41) is 0. The largest absolute Gasteiger partial charge is 0.353 e. The molecule has 1 aliphatic carbocycles. The van der Waals surface area contributed by atoms with Crippen LogP contribution in [-0.4, -0.2) is 47.1 Å². The van der Waals surface area contributed by atoms with Gasteiger partial charge in [0, 0.05) is 38.4 Å².